The summed E-state index contributed by atoms with van der Waals surface area (Å²) in [4.78, 5) is 12.0. The monoisotopic (exact) mass is 363 g/mol. The molecule has 0 radical (unpaired) electrons. The van der Waals surface area contributed by atoms with E-state index in [1.54, 1.807) is 6.07 Å². The first-order valence-corrected chi connectivity index (χ1v) is 9.96. The summed E-state index contributed by atoms with van der Waals surface area (Å²) >= 11 is 6.07. The number of nitrogens with zero attached hydrogens (tertiary/aromatic N) is 1. The van der Waals surface area contributed by atoms with E-state index in [1.807, 2.05) is 18.2 Å². The van der Waals surface area contributed by atoms with Crippen LogP contribution >= 0.6 is 11.6 Å². The maximum atomic E-state index is 12.0. The van der Waals surface area contributed by atoms with Crippen LogP contribution in [0.3, 0.4) is 0 Å². The summed E-state index contributed by atoms with van der Waals surface area (Å²) in [6, 6.07) is 7.40. The molecule has 1 amide bonds. The van der Waals surface area contributed by atoms with Gasteiger partial charge in [0.25, 0.3) is 5.91 Å². The molecule has 0 atom stereocenters. The lowest BCUT2D eigenvalue weighted by atomic mass is 10.00. The lowest BCUT2D eigenvalue weighted by Crippen LogP contribution is -2.27. The Balaban J connectivity index is 1.77. The molecule has 1 aromatic rings. The van der Waals surface area contributed by atoms with Crippen LogP contribution in [0, 0.1) is 0 Å². The second kappa shape index (κ2) is 11.9. The van der Waals surface area contributed by atoms with Crippen LogP contribution in [-0.2, 0) is 4.79 Å². The summed E-state index contributed by atoms with van der Waals surface area (Å²) in [5.74, 6) is -0.140. The first-order chi connectivity index (χ1) is 12.3. The molecule has 1 fully saturated rings. The van der Waals surface area contributed by atoms with Crippen molar-refractivity contribution in [2.24, 2.45) is 5.10 Å². The average molecular weight is 364 g/mol. The van der Waals surface area contributed by atoms with Crippen molar-refractivity contribution in [2.75, 3.05) is 11.9 Å². The molecule has 1 aliphatic rings. The fourth-order valence-corrected chi connectivity index (χ4v) is 3.30. The third kappa shape index (κ3) is 8.39. The number of rotatable bonds is 4. The number of hydrogen-bond donors (Lipinski definition) is 2. The number of halogens is 1. The van der Waals surface area contributed by atoms with Crippen LogP contribution in [-0.4, -0.2) is 18.2 Å². The van der Waals surface area contributed by atoms with E-state index in [1.165, 1.54) is 57.8 Å². The van der Waals surface area contributed by atoms with Crippen LogP contribution < -0.4 is 10.7 Å². The Morgan fingerprint density at radius 1 is 0.920 bits per heavy atom. The van der Waals surface area contributed by atoms with Crippen molar-refractivity contribution >= 4 is 28.9 Å². The second-order valence-electron chi connectivity index (χ2n) is 6.73. The van der Waals surface area contributed by atoms with Gasteiger partial charge in [-0.2, -0.15) is 5.10 Å². The van der Waals surface area contributed by atoms with Crippen molar-refractivity contribution in [1.82, 2.24) is 5.43 Å². The summed E-state index contributed by atoms with van der Waals surface area (Å²) < 4.78 is 0. The standard InChI is InChI=1S/C20H30ClN3O/c21-18-14-10-11-15-19(18)22-16-20(25)24-23-17-12-8-6-4-2-1-3-5-7-9-13-17/h10-11,14-15,22H,1-9,12-13,16H2,(H,24,25). The SMILES string of the molecule is O=C(CNc1ccccc1Cl)NN=C1CCCCCCCCCCC1. The zero-order valence-electron chi connectivity index (χ0n) is 15.0. The van der Waals surface area contributed by atoms with Crippen molar-refractivity contribution < 1.29 is 4.79 Å². The number of hydrogen-bond acceptors (Lipinski definition) is 3. The number of hydrazone groups is 1. The van der Waals surface area contributed by atoms with E-state index in [2.05, 4.69) is 15.8 Å². The topological polar surface area (TPSA) is 53.5 Å². The number of anilines is 1. The van der Waals surface area contributed by atoms with Crippen LogP contribution in [0.5, 0.6) is 0 Å². The minimum absolute atomic E-state index is 0.140. The highest BCUT2D eigenvalue weighted by Gasteiger charge is 2.06. The van der Waals surface area contributed by atoms with E-state index in [9.17, 15) is 4.79 Å². The van der Waals surface area contributed by atoms with Gasteiger partial charge in [-0.3, -0.25) is 4.79 Å². The van der Waals surface area contributed by atoms with Gasteiger partial charge >= 0.3 is 0 Å². The lowest BCUT2D eigenvalue weighted by molar-refractivity contribution is -0.119. The van der Waals surface area contributed by atoms with Gasteiger partial charge in [-0.05, 0) is 37.8 Å². The van der Waals surface area contributed by atoms with Crippen LogP contribution in [0.4, 0.5) is 5.69 Å². The van der Waals surface area contributed by atoms with Crippen molar-refractivity contribution in [2.45, 2.75) is 70.6 Å². The number of carbonyl (C=O) groups is 1. The Hall–Kier alpha value is -1.55. The van der Waals surface area contributed by atoms with Gasteiger partial charge in [0.1, 0.15) is 0 Å². The molecule has 138 valence electrons. The highest BCUT2D eigenvalue weighted by atomic mass is 35.5. The maximum Gasteiger partial charge on any atom is 0.259 e. The molecule has 0 saturated heterocycles. The largest absolute Gasteiger partial charge is 0.375 e. The Bertz CT molecular complexity index is 546. The molecule has 1 aromatic carbocycles. The molecule has 0 heterocycles. The molecular weight excluding hydrogens is 334 g/mol. The number of amides is 1. The third-order valence-electron chi connectivity index (χ3n) is 4.58. The molecule has 0 aromatic heterocycles. The van der Waals surface area contributed by atoms with Crippen molar-refractivity contribution in [1.29, 1.82) is 0 Å². The molecule has 25 heavy (non-hydrogen) atoms. The third-order valence-corrected chi connectivity index (χ3v) is 4.91. The highest BCUT2D eigenvalue weighted by molar-refractivity contribution is 6.33. The van der Waals surface area contributed by atoms with Crippen LogP contribution in [0.2, 0.25) is 5.02 Å². The zero-order chi connectivity index (χ0) is 17.7. The molecule has 0 spiro atoms. The minimum Gasteiger partial charge on any atom is -0.375 e. The quantitative estimate of drug-likeness (QED) is 0.691. The summed E-state index contributed by atoms with van der Waals surface area (Å²) in [6.07, 6.45) is 13.6. The Morgan fingerprint density at radius 2 is 1.48 bits per heavy atom. The molecule has 5 heteroatoms. The fraction of sp³-hybridized carbons (Fsp3) is 0.600. The van der Waals surface area contributed by atoms with Gasteiger partial charge in [-0.15, -0.1) is 0 Å². The smallest absolute Gasteiger partial charge is 0.259 e. The average Bonchev–Trinajstić information content (AvgIpc) is 2.60. The van der Waals surface area contributed by atoms with Gasteiger partial charge in [-0.25, -0.2) is 5.43 Å². The summed E-state index contributed by atoms with van der Waals surface area (Å²) in [5.41, 5.74) is 4.59. The maximum absolute atomic E-state index is 12.0. The van der Waals surface area contributed by atoms with E-state index >= 15 is 0 Å². The Kier molecular flexibility index (Phi) is 9.42. The van der Waals surface area contributed by atoms with Gasteiger partial charge in [-0.1, -0.05) is 68.7 Å². The molecule has 0 unspecified atom stereocenters. The zero-order valence-corrected chi connectivity index (χ0v) is 15.8. The number of benzene rings is 1. The van der Waals surface area contributed by atoms with E-state index < -0.39 is 0 Å². The van der Waals surface area contributed by atoms with E-state index in [4.69, 9.17) is 11.6 Å². The van der Waals surface area contributed by atoms with Crippen LogP contribution in [0.1, 0.15) is 70.6 Å². The number of carbonyl (C=O) groups excluding carboxylic acids is 1. The molecule has 1 aliphatic carbocycles. The van der Waals surface area contributed by atoms with E-state index in [0.717, 1.165) is 24.2 Å². The molecule has 2 rings (SSSR count). The molecule has 1 saturated carbocycles. The molecule has 4 nitrogen and oxygen atoms in total. The van der Waals surface area contributed by atoms with Crippen molar-refractivity contribution in [3.05, 3.63) is 29.3 Å². The van der Waals surface area contributed by atoms with Crippen molar-refractivity contribution in [3.8, 4) is 0 Å². The lowest BCUT2D eigenvalue weighted by Gasteiger charge is -2.10. The van der Waals surface area contributed by atoms with Gasteiger partial charge in [0, 0.05) is 5.71 Å². The van der Waals surface area contributed by atoms with E-state index in [0.29, 0.717) is 5.02 Å². The minimum atomic E-state index is -0.140. The Labute approximate surface area is 156 Å². The van der Waals surface area contributed by atoms with Crippen LogP contribution in [0.15, 0.2) is 29.4 Å². The van der Waals surface area contributed by atoms with Gasteiger partial charge in [0.05, 0.1) is 17.3 Å². The summed E-state index contributed by atoms with van der Waals surface area (Å²) in [5, 5.41) is 8.04. The Morgan fingerprint density at radius 3 is 2.08 bits per heavy atom. The van der Waals surface area contributed by atoms with E-state index in [-0.39, 0.29) is 12.5 Å². The number of para-hydroxylation sites is 1. The molecule has 2 N–H and O–H groups in total. The first kappa shape index (κ1) is 19.8. The van der Waals surface area contributed by atoms with Gasteiger partial charge in [0.15, 0.2) is 0 Å². The molecule has 0 bridgehead atoms. The van der Waals surface area contributed by atoms with Crippen molar-refractivity contribution in [3.63, 3.8) is 0 Å². The normalized spacial score (nSPS) is 17.1. The van der Waals surface area contributed by atoms with Gasteiger partial charge < -0.3 is 5.32 Å². The van der Waals surface area contributed by atoms with Gasteiger partial charge in [0.2, 0.25) is 0 Å². The fourth-order valence-electron chi connectivity index (χ4n) is 3.09. The second-order valence-corrected chi connectivity index (χ2v) is 7.14. The first-order valence-electron chi connectivity index (χ1n) is 9.58. The summed E-state index contributed by atoms with van der Waals surface area (Å²) in [7, 11) is 0. The molecule has 0 aliphatic heterocycles. The molecular formula is C20H30ClN3O. The van der Waals surface area contributed by atoms with Crippen LogP contribution in [0.25, 0.3) is 0 Å². The predicted octanol–water partition coefficient (Wildman–Crippen LogP) is 5.53. The number of nitrogens with one attached hydrogen (secondary N) is 2. The highest BCUT2D eigenvalue weighted by Crippen LogP contribution is 2.20. The predicted molar refractivity (Wildman–Crippen MR) is 106 cm³/mol. The summed E-state index contributed by atoms with van der Waals surface area (Å²) in [6.45, 7) is 0.167.